The maximum Gasteiger partial charge on any atom is 0.410 e. The lowest BCUT2D eigenvalue weighted by molar-refractivity contribution is -0.228. The largest absolute Gasteiger partial charge is 0.481 e. The Kier molecular flexibility index (Phi) is 11.6. The highest BCUT2D eigenvalue weighted by atomic mass is 16.6. The molecule has 322 valence electrons. The topological polar surface area (TPSA) is 96.4 Å². The number of carboxylic acid groups (broad SMARTS) is 1. The van der Waals surface area contributed by atoms with Crippen molar-refractivity contribution in [3.05, 3.63) is 53.6 Å². The molecule has 0 spiro atoms. The fourth-order valence-corrected chi connectivity index (χ4v) is 13.9. The summed E-state index contributed by atoms with van der Waals surface area (Å²) >= 11 is 0. The van der Waals surface area contributed by atoms with Crippen molar-refractivity contribution in [3.8, 4) is 0 Å². The normalized spacial score (nSPS) is 35.4. The van der Waals surface area contributed by atoms with E-state index in [2.05, 4.69) is 64.3 Å². The minimum absolute atomic E-state index is 0.00756. The third-order valence-corrected chi connectivity index (χ3v) is 16.7. The molecule has 0 bridgehead atoms. The Morgan fingerprint density at radius 1 is 0.793 bits per heavy atom. The van der Waals surface area contributed by atoms with Gasteiger partial charge in [0, 0.05) is 19.6 Å². The first-order valence-corrected chi connectivity index (χ1v) is 22.3. The average molecular weight is 801 g/mol. The molecule has 9 atom stereocenters. The number of nitrogens with zero attached hydrogens (tertiary/aromatic N) is 2. The van der Waals surface area contributed by atoms with Crippen molar-refractivity contribution >= 4 is 23.6 Å². The Labute approximate surface area is 350 Å². The number of ether oxygens (including phenoxy) is 2. The number of hydrogen-bond donors (Lipinski definition) is 1. The van der Waals surface area contributed by atoms with E-state index < -0.39 is 22.6 Å². The predicted molar refractivity (Wildman–Crippen MR) is 232 cm³/mol. The number of aliphatic carboxylic acids is 1. The molecule has 1 aromatic carbocycles. The standard InChI is InChI=1S/C50H76N2O6/c1-32(31-52(30-29-51(13)14)43(56)58-45(5,6)7)35-21-26-50(42(54)55)28-27-48(11)37(40(35)50)19-20-39-47(10)24-22-36(46(8,9)38(47)23-25-49(39,48)12)33-15-17-34(18-16-33)41(53)57-44(2,3)4/h15-18,22,35,37-40H,1,19-21,23-31H2,2-14H3,(H,54,55)/t35-,37+,38?,39+,40+,47-,48+,49+,50-/m0/s1. The van der Waals surface area contributed by atoms with Crippen molar-refractivity contribution in [2.75, 3.05) is 33.7 Å². The van der Waals surface area contributed by atoms with Crippen molar-refractivity contribution in [2.24, 2.45) is 56.7 Å². The number of carbonyl (C=O) groups is 3. The quantitative estimate of drug-likeness (QED) is 0.196. The highest BCUT2D eigenvalue weighted by Gasteiger charge is 2.71. The van der Waals surface area contributed by atoms with Crippen LogP contribution in [0.4, 0.5) is 4.79 Å². The van der Waals surface area contributed by atoms with E-state index in [9.17, 15) is 19.5 Å². The molecule has 1 N–H and O–H groups in total. The smallest absolute Gasteiger partial charge is 0.410 e. The summed E-state index contributed by atoms with van der Waals surface area (Å²) in [6.45, 7) is 30.2. The van der Waals surface area contributed by atoms with Crippen LogP contribution in [0.5, 0.6) is 0 Å². The van der Waals surface area contributed by atoms with E-state index >= 15 is 0 Å². The Hall–Kier alpha value is -3.13. The van der Waals surface area contributed by atoms with E-state index in [1.165, 1.54) is 11.1 Å². The zero-order valence-corrected chi connectivity index (χ0v) is 38.3. The number of hydrogen-bond acceptors (Lipinski definition) is 6. The van der Waals surface area contributed by atoms with E-state index in [-0.39, 0.29) is 51.5 Å². The van der Waals surface area contributed by atoms with E-state index in [0.717, 1.165) is 50.5 Å². The van der Waals surface area contributed by atoms with Crippen LogP contribution in [0.1, 0.15) is 150 Å². The zero-order valence-electron chi connectivity index (χ0n) is 38.3. The molecule has 0 radical (unpaired) electrons. The highest BCUT2D eigenvalue weighted by Crippen LogP contribution is 2.77. The van der Waals surface area contributed by atoms with E-state index in [0.29, 0.717) is 49.9 Å². The summed E-state index contributed by atoms with van der Waals surface area (Å²) in [5.41, 5.74) is 2.28. The summed E-state index contributed by atoms with van der Waals surface area (Å²) in [5.74, 6) is 0.376. The van der Waals surface area contributed by atoms with Gasteiger partial charge < -0.3 is 24.4 Å². The van der Waals surface area contributed by atoms with Crippen LogP contribution in [0, 0.1) is 56.7 Å². The van der Waals surface area contributed by atoms with E-state index in [4.69, 9.17) is 9.47 Å². The Bertz CT molecular complexity index is 1800. The van der Waals surface area contributed by atoms with Gasteiger partial charge in [-0.05, 0) is 188 Å². The summed E-state index contributed by atoms with van der Waals surface area (Å²) in [7, 11) is 4.01. The molecule has 1 unspecified atom stereocenters. The van der Waals surface area contributed by atoms with Crippen LogP contribution < -0.4 is 0 Å². The number of carboxylic acids is 1. The van der Waals surface area contributed by atoms with Crippen LogP contribution in [0.2, 0.25) is 0 Å². The SMILES string of the molecule is C=C(CN(CCN(C)C)C(=O)OC(C)(C)C)[C@@H]1CC[C@]2(C(=O)O)CC[C@]3(C)[C@H](CC[C@@H]4[C@@]5(C)CC=C(c6ccc(C(=O)OC(C)(C)C)cc6)C(C)(C)C5CC[C@]43C)[C@@H]12. The van der Waals surface area contributed by atoms with Crippen LogP contribution in [-0.4, -0.2) is 77.9 Å². The summed E-state index contributed by atoms with van der Waals surface area (Å²) in [5, 5.41) is 11.1. The Morgan fingerprint density at radius 2 is 1.43 bits per heavy atom. The van der Waals surface area contributed by atoms with Crippen LogP contribution in [0.3, 0.4) is 0 Å². The fourth-order valence-electron chi connectivity index (χ4n) is 13.9. The van der Waals surface area contributed by atoms with Gasteiger partial charge in [-0.2, -0.15) is 0 Å². The number of allylic oxidation sites excluding steroid dienone is 2. The number of esters is 1. The van der Waals surface area contributed by atoms with Gasteiger partial charge >= 0.3 is 18.0 Å². The molecule has 0 aliphatic heterocycles. The first-order valence-electron chi connectivity index (χ1n) is 22.3. The van der Waals surface area contributed by atoms with E-state index in [1.54, 1.807) is 4.90 Å². The van der Waals surface area contributed by atoms with Crippen LogP contribution >= 0.6 is 0 Å². The average Bonchev–Trinajstić information content (AvgIpc) is 3.50. The lowest BCUT2D eigenvalue weighted by Gasteiger charge is -2.72. The third kappa shape index (κ3) is 7.59. The molecule has 4 saturated carbocycles. The van der Waals surface area contributed by atoms with Gasteiger partial charge in [0.1, 0.15) is 11.2 Å². The number of amides is 1. The Morgan fingerprint density at radius 3 is 2.02 bits per heavy atom. The number of rotatable bonds is 9. The molecule has 0 heterocycles. The van der Waals surface area contributed by atoms with Gasteiger partial charge in [0.15, 0.2) is 0 Å². The van der Waals surface area contributed by atoms with E-state index in [1.807, 2.05) is 67.8 Å². The van der Waals surface area contributed by atoms with Crippen molar-refractivity contribution in [3.63, 3.8) is 0 Å². The van der Waals surface area contributed by atoms with Gasteiger partial charge in [-0.25, -0.2) is 9.59 Å². The number of fused-ring (bicyclic) bond motifs is 7. The molecule has 8 heteroatoms. The van der Waals surface area contributed by atoms with Crippen LogP contribution in [0.15, 0.2) is 42.5 Å². The molecular formula is C50H76N2O6. The monoisotopic (exact) mass is 801 g/mol. The summed E-state index contributed by atoms with van der Waals surface area (Å²) in [6, 6.07) is 8.04. The molecular weight excluding hydrogens is 725 g/mol. The lowest BCUT2D eigenvalue weighted by Crippen LogP contribution is -2.66. The molecule has 0 aromatic heterocycles. The number of benzene rings is 1. The molecule has 5 aliphatic carbocycles. The first-order chi connectivity index (χ1) is 26.7. The molecule has 0 saturated heterocycles. The molecule has 1 aromatic rings. The summed E-state index contributed by atoms with van der Waals surface area (Å²) in [6.07, 6.45) is 10.7. The Balaban J connectivity index is 1.28. The number of likely N-dealkylation sites (N-methyl/N-ethyl adjacent to an activating group) is 1. The number of carbonyl (C=O) groups excluding carboxylic acids is 2. The van der Waals surface area contributed by atoms with Crippen molar-refractivity contribution in [1.29, 1.82) is 0 Å². The summed E-state index contributed by atoms with van der Waals surface area (Å²) in [4.78, 5) is 43.8. The molecule has 58 heavy (non-hydrogen) atoms. The van der Waals surface area contributed by atoms with Gasteiger partial charge in [0.2, 0.25) is 0 Å². The van der Waals surface area contributed by atoms with Crippen molar-refractivity contribution < 1.29 is 29.0 Å². The third-order valence-electron chi connectivity index (χ3n) is 16.7. The molecule has 6 rings (SSSR count). The van der Waals surface area contributed by atoms with Crippen LogP contribution in [0.25, 0.3) is 5.57 Å². The van der Waals surface area contributed by atoms with Gasteiger partial charge in [0.05, 0.1) is 11.0 Å². The second-order valence-electron chi connectivity index (χ2n) is 22.8. The molecule has 1 amide bonds. The minimum Gasteiger partial charge on any atom is -0.481 e. The zero-order chi connectivity index (χ0) is 43.0. The lowest BCUT2D eigenvalue weighted by atomic mass is 9.32. The minimum atomic E-state index is -0.758. The van der Waals surface area contributed by atoms with Crippen molar-refractivity contribution in [1.82, 2.24) is 9.80 Å². The fraction of sp³-hybridized carbons (Fsp3) is 0.740. The predicted octanol–water partition coefficient (Wildman–Crippen LogP) is 11.2. The highest BCUT2D eigenvalue weighted by molar-refractivity contribution is 5.90. The van der Waals surface area contributed by atoms with Crippen molar-refractivity contribution in [2.45, 2.75) is 145 Å². The summed E-state index contributed by atoms with van der Waals surface area (Å²) < 4.78 is 11.5. The molecule has 4 fully saturated rings. The van der Waals surface area contributed by atoms with Gasteiger partial charge in [0.25, 0.3) is 0 Å². The maximum absolute atomic E-state index is 13.6. The second kappa shape index (κ2) is 15.1. The first kappa shape index (κ1) is 44.4. The second-order valence-corrected chi connectivity index (χ2v) is 22.8. The maximum atomic E-state index is 13.6. The van der Waals surface area contributed by atoms with Gasteiger partial charge in [-0.3, -0.25) is 4.79 Å². The van der Waals surface area contributed by atoms with Gasteiger partial charge in [-0.15, -0.1) is 0 Å². The van der Waals surface area contributed by atoms with Gasteiger partial charge in [-0.1, -0.05) is 65.0 Å². The molecule has 8 nitrogen and oxygen atoms in total. The molecule has 5 aliphatic rings. The van der Waals surface area contributed by atoms with Crippen LogP contribution in [-0.2, 0) is 14.3 Å².